The van der Waals surface area contributed by atoms with Crippen LogP contribution in [0.15, 0.2) is 48.5 Å². The van der Waals surface area contributed by atoms with Crippen molar-refractivity contribution in [2.24, 2.45) is 11.8 Å². The molecule has 17 nitrogen and oxygen atoms in total. The summed E-state index contributed by atoms with van der Waals surface area (Å²) in [5.74, 6) is -1.12. The molecule has 6 atom stereocenters. The number of aromatic hydroxyl groups is 1. The summed E-state index contributed by atoms with van der Waals surface area (Å²) < 4.78 is 27.5. The van der Waals surface area contributed by atoms with Crippen molar-refractivity contribution in [3.8, 4) is 11.5 Å². The molecular weight excluding hydrogens is 865 g/mol. The maximum Gasteiger partial charge on any atom is 0.328 e. The van der Waals surface area contributed by atoms with Crippen LogP contribution in [0.2, 0.25) is 0 Å². The number of fused-ring (bicyclic) bond motifs is 4. The Morgan fingerprint density at radius 1 is 0.851 bits per heavy atom. The number of phenols is 1. The maximum atomic E-state index is 13.8. The van der Waals surface area contributed by atoms with Gasteiger partial charge in [-0.05, 0) is 79.3 Å². The van der Waals surface area contributed by atoms with Crippen LogP contribution in [0.1, 0.15) is 101 Å². The van der Waals surface area contributed by atoms with Gasteiger partial charge in [-0.3, -0.25) is 19.2 Å². The molecule has 4 bridgehead atoms. The molecule has 368 valence electrons. The Balaban J connectivity index is 0.000000221. The number of hydrogen-bond donors (Lipinski definition) is 4. The molecule has 17 heteroatoms. The molecule has 5 aliphatic rings. The highest BCUT2D eigenvalue weighted by atomic mass is 16.5. The van der Waals surface area contributed by atoms with Gasteiger partial charge >= 0.3 is 11.9 Å². The molecule has 2 saturated heterocycles. The van der Waals surface area contributed by atoms with Crippen molar-refractivity contribution in [1.29, 1.82) is 0 Å². The van der Waals surface area contributed by atoms with E-state index in [0.717, 1.165) is 69.8 Å². The van der Waals surface area contributed by atoms with Crippen molar-refractivity contribution in [3.05, 3.63) is 59.7 Å². The zero-order valence-corrected chi connectivity index (χ0v) is 39.1. The molecule has 2 aromatic carbocycles. The molecule has 4 fully saturated rings. The molecule has 2 aromatic rings. The lowest BCUT2D eigenvalue weighted by atomic mass is 9.83. The fraction of sp³-hybridized carbons (Fsp3) is 0.640. The molecule has 0 radical (unpaired) electrons. The normalized spacial score (nSPS) is 24.6. The number of aliphatic hydroxyl groups is 1. The highest BCUT2D eigenvalue weighted by Gasteiger charge is 2.46. The molecule has 3 aliphatic heterocycles. The van der Waals surface area contributed by atoms with Gasteiger partial charge in [-0.1, -0.05) is 62.8 Å². The van der Waals surface area contributed by atoms with Crippen LogP contribution in [0.25, 0.3) is 0 Å². The van der Waals surface area contributed by atoms with E-state index in [1.165, 1.54) is 31.3 Å². The summed E-state index contributed by atoms with van der Waals surface area (Å²) in [6.07, 6.45) is 11.2. The third-order valence-electron chi connectivity index (χ3n) is 13.6. The van der Waals surface area contributed by atoms with Crippen LogP contribution < -0.4 is 15.4 Å². The summed E-state index contributed by atoms with van der Waals surface area (Å²) in [7, 11) is 2.63. The van der Waals surface area contributed by atoms with E-state index in [9.17, 15) is 33.9 Å². The van der Waals surface area contributed by atoms with Gasteiger partial charge < -0.3 is 54.3 Å². The minimum atomic E-state index is -0.773. The Kier molecular flexibility index (Phi) is 19.7. The molecule has 2 saturated carbocycles. The molecule has 4 amide bonds. The van der Waals surface area contributed by atoms with Crippen LogP contribution in [0.4, 0.5) is 0 Å². The number of methoxy groups -OCH3 is 2. The van der Waals surface area contributed by atoms with Gasteiger partial charge in [-0.25, -0.2) is 9.59 Å². The van der Waals surface area contributed by atoms with Crippen molar-refractivity contribution in [2.75, 3.05) is 53.7 Å². The summed E-state index contributed by atoms with van der Waals surface area (Å²) in [6, 6.07) is 11.1. The third-order valence-corrected chi connectivity index (χ3v) is 13.6. The van der Waals surface area contributed by atoms with E-state index in [2.05, 4.69) is 10.6 Å². The Morgan fingerprint density at radius 2 is 1.57 bits per heavy atom. The molecule has 4 N–H and O–H groups in total. The summed E-state index contributed by atoms with van der Waals surface area (Å²) in [5.41, 5.74) is 1.48. The Labute approximate surface area is 393 Å². The highest BCUT2D eigenvalue weighted by molar-refractivity contribution is 5.93. The van der Waals surface area contributed by atoms with Gasteiger partial charge in [0.1, 0.15) is 35.7 Å². The smallest absolute Gasteiger partial charge is 0.328 e. The molecule has 3 heterocycles. The number of likely N-dealkylation sites (tertiary alicyclic amines) is 1. The van der Waals surface area contributed by atoms with E-state index >= 15 is 0 Å². The average molecular weight is 935 g/mol. The number of carbonyl (C=O) groups excluding carboxylic acids is 6. The van der Waals surface area contributed by atoms with E-state index in [4.69, 9.17) is 28.8 Å². The first-order valence-electron chi connectivity index (χ1n) is 24.2. The van der Waals surface area contributed by atoms with Gasteiger partial charge in [0.2, 0.25) is 23.6 Å². The second kappa shape index (κ2) is 25.8. The zero-order valence-electron chi connectivity index (χ0n) is 39.1. The largest absolute Gasteiger partial charge is 0.508 e. The second-order valence-corrected chi connectivity index (χ2v) is 18.4. The van der Waals surface area contributed by atoms with Crippen molar-refractivity contribution in [1.82, 2.24) is 20.4 Å². The van der Waals surface area contributed by atoms with E-state index < -0.39 is 36.1 Å². The fourth-order valence-corrected chi connectivity index (χ4v) is 10.1. The SMILES string of the molecule is COC(=O)[C@@H]1C[C@@H](OCCCO)CN1C(=O)[C@@H](NC(=O)Cc1cccc(O)c1)C1CCCCC1.COC(=O)[C@@H]1C[C@@H]2CN1C(=O)[C@H](C1CCCCC1)NC(=O)Cc1cccc(c1)OCCCO2. The zero-order chi connectivity index (χ0) is 47.7. The van der Waals surface area contributed by atoms with Crippen molar-refractivity contribution in [2.45, 2.75) is 139 Å². The van der Waals surface area contributed by atoms with Gasteiger partial charge in [0.25, 0.3) is 0 Å². The number of carbonyl (C=O) groups is 6. The lowest BCUT2D eigenvalue weighted by Gasteiger charge is -2.34. The minimum Gasteiger partial charge on any atom is -0.508 e. The molecule has 0 aromatic heterocycles. The van der Waals surface area contributed by atoms with Crippen LogP contribution in [0.3, 0.4) is 0 Å². The van der Waals surface area contributed by atoms with Gasteiger partial charge in [0.15, 0.2) is 0 Å². The number of ether oxygens (including phenoxy) is 5. The van der Waals surface area contributed by atoms with Crippen LogP contribution >= 0.6 is 0 Å². The van der Waals surface area contributed by atoms with E-state index in [1.54, 1.807) is 17.0 Å². The summed E-state index contributed by atoms with van der Waals surface area (Å²) in [4.78, 5) is 81.5. The molecule has 7 rings (SSSR count). The van der Waals surface area contributed by atoms with E-state index in [0.29, 0.717) is 63.4 Å². The summed E-state index contributed by atoms with van der Waals surface area (Å²) in [6.45, 7) is 1.85. The van der Waals surface area contributed by atoms with Gasteiger partial charge in [-0.2, -0.15) is 0 Å². The molecule has 0 unspecified atom stereocenters. The quantitative estimate of drug-likeness (QED) is 0.176. The van der Waals surface area contributed by atoms with E-state index in [1.807, 2.05) is 24.3 Å². The minimum absolute atomic E-state index is 0.00473. The summed E-state index contributed by atoms with van der Waals surface area (Å²) >= 11 is 0. The molecular formula is C50H70N4O13. The number of esters is 2. The van der Waals surface area contributed by atoms with Crippen molar-refractivity contribution < 1.29 is 62.7 Å². The lowest BCUT2D eigenvalue weighted by molar-refractivity contribution is -0.152. The summed E-state index contributed by atoms with van der Waals surface area (Å²) in [5, 5.41) is 24.7. The molecule has 67 heavy (non-hydrogen) atoms. The fourth-order valence-electron chi connectivity index (χ4n) is 10.1. The predicted molar refractivity (Wildman–Crippen MR) is 245 cm³/mol. The van der Waals surface area contributed by atoms with Gasteiger partial charge in [-0.15, -0.1) is 0 Å². The van der Waals surface area contributed by atoms with Crippen LogP contribution in [0, 0.1) is 11.8 Å². The Bertz CT molecular complexity index is 1970. The average Bonchev–Trinajstić information content (AvgIpc) is 3.97. The number of nitrogens with one attached hydrogen (secondary N) is 2. The Morgan fingerprint density at radius 3 is 2.28 bits per heavy atom. The first-order valence-corrected chi connectivity index (χ1v) is 24.2. The van der Waals surface area contributed by atoms with Crippen LogP contribution in [-0.2, 0) is 60.6 Å². The first-order chi connectivity index (χ1) is 32.5. The lowest BCUT2D eigenvalue weighted by Crippen LogP contribution is -2.55. The first kappa shape index (κ1) is 51.1. The monoisotopic (exact) mass is 934 g/mol. The number of amides is 4. The second-order valence-electron chi connectivity index (χ2n) is 18.4. The number of phenolic OH excluding ortho intramolecular Hbond substituents is 1. The molecule has 2 aliphatic carbocycles. The number of rotatable bonds is 12. The van der Waals surface area contributed by atoms with Gasteiger partial charge in [0, 0.05) is 45.6 Å². The van der Waals surface area contributed by atoms with Gasteiger partial charge in [0.05, 0.1) is 52.5 Å². The van der Waals surface area contributed by atoms with Crippen LogP contribution in [0.5, 0.6) is 11.5 Å². The van der Waals surface area contributed by atoms with Crippen molar-refractivity contribution >= 4 is 35.6 Å². The number of hydrogen-bond acceptors (Lipinski definition) is 13. The maximum absolute atomic E-state index is 13.8. The third kappa shape index (κ3) is 14.6. The standard InChI is InChI=1S/C25H36N2O7.C25H34N2O6/c1-33-25(32)21-15-20(34-12-6-11-28)16-27(21)24(31)23(18-8-3-2-4-9-18)26-22(30)14-17-7-5-10-19(29)13-17;1-31-25(30)21-15-20-16-27(21)24(29)23(18-8-3-2-4-9-18)26-22(28)14-17-7-5-10-19(13-17)32-11-6-12-33-20/h5,7,10,13,18,20-21,23,28-29H,2-4,6,8-9,11-12,14-16H2,1H3,(H,26,30);5,7,10,13,18,20-21,23H,2-4,6,8-9,11-12,14-16H2,1H3,(H,26,28)/t2*20-,21+,23+/m11/s1. The van der Waals surface area contributed by atoms with Crippen molar-refractivity contribution in [3.63, 3.8) is 0 Å². The predicted octanol–water partition coefficient (Wildman–Crippen LogP) is 3.78. The number of nitrogens with zero attached hydrogens (tertiary/aromatic N) is 2. The molecule has 0 spiro atoms. The highest BCUT2D eigenvalue weighted by Crippen LogP contribution is 2.32. The topological polar surface area (TPSA) is 220 Å². The van der Waals surface area contributed by atoms with E-state index in [-0.39, 0.29) is 79.4 Å². The number of benzene rings is 2. The Hall–Kier alpha value is -5.26. The van der Waals surface area contributed by atoms with Crippen LogP contribution in [-0.4, -0.2) is 146 Å². The number of aliphatic hydroxyl groups excluding tert-OH is 1.